The van der Waals surface area contributed by atoms with Crippen molar-refractivity contribution in [2.45, 2.75) is 19.9 Å². The highest BCUT2D eigenvalue weighted by Gasteiger charge is 2.14. The van der Waals surface area contributed by atoms with Gasteiger partial charge in [0.1, 0.15) is 0 Å². The molecule has 4 nitrogen and oxygen atoms in total. The second-order valence-electron chi connectivity index (χ2n) is 3.82. The van der Waals surface area contributed by atoms with Crippen molar-refractivity contribution in [1.29, 1.82) is 0 Å². The van der Waals surface area contributed by atoms with Gasteiger partial charge in [-0.15, -0.1) is 0 Å². The van der Waals surface area contributed by atoms with Crippen LogP contribution in [0.3, 0.4) is 0 Å². The van der Waals surface area contributed by atoms with Gasteiger partial charge in [0, 0.05) is 18.6 Å². The molecule has 82 valence electrons. The maximum atomic E-state index is 6.10. The normalized spacial score (nSPS) is 12.4. The lowest BCUT2D eigenvalue weighted by Gasteiger charge is -2.12. The first-order valence-electron chi connectivity index (χ1n) is 5.13. The zero-order chi connectivity index (χ0) is 11.5. The number of aryl methyl sites for hydroxylation is 2. The lowest BCUT2D eigenvalue weighted by atomic mass is 10.1. The lowest BCUT2D eigenvalue weighted by Crippen LogP contribution is -2.16. The molecule has 2 rings (SSSR count). The molecule has 0 spiro atoms. The van der Waals surface area contributed by atoms with E-state index in [4.69, 9.17) is 5.73 Å². The largest absolute Gasteiger partial charge is 0.318 e. The third kappa shape index (κ3) is 2.06. The Kier molecular flexibility index (Phi) is 2.92. The Morgan fingerprint density at radius 1 is 1.12 bits per heavy atom. The predicted molar refractivity (Wildman–Crippen MR) is 61.8 cm³/mol. The molecule has 2 aromatic heterocycles. The van der Waals surface area contributed by atoms with Crippen LogP contribution < -0.4 is 5.73 Å². The third-order valence-corrected chi connectivity index (χ3v) is 2.45. The van der Waals surface area contributed by atoms with Crippen molar-refractivity contribution in [2.75, 3.05) is 0 Å². The molecule has 2 aromatic rings. The lowest BCUT2D eigenvalue weighted by molar-refractivity contribution is 0.776. The van der Waals surface area contributed by atoms with Crippen molar-refractivity contribution in [3.63, 3.8) is 0 Å². The Hall–Kier alpha value is -1.81. The Labute approximate surface area is 94.6 Å². The van der Waals surface area contributed by atoms with Crippen molar-refractivity contribution >= 4 is 0 Å². The minimum Gasteiger partial charge on any atom is -0.318 e. The molecule has 0 aromatic carbocycles. The molecule has 0 bridgehead atoms. The predicted octanol–water partition coefficient (Wildman–Crippen LogP) is 1.54. The van der Waals surface area contributed by atoms with Crippen LogP contribution in [0.15, 0.2) is 30.9 Å². The second-order valence-corrected chi connectivity index (χ2v) is 3.82. The first kappa shape index (κ1) is 10.7. The zero-order valence-corrected chi connectivity index (χ0v) is 9.38. The molecule has 0 fully saturated rings. The van der Waals surface area contributed by atoms with E-state index in [1.165, 1.54) is 0 Å². The average Bonchev–Trinajstić information content (AvgIpc) is 2.29. The molecule has 2 heterocycles. The van der Waals surface area contributed by atoms with E-state index in [1.807, 2.05) is 20.0 Å². The Morgan fingerprint density at radius 2 is 1.94 bits per heavy atom. The smallest absolute Gasteiger partial charge is 0.0918 e. The standard InChI is InChI=1S/C12H14N4/c1-8-5-9(2)12(16-6-8)11(13)10-7-14-3-4-15-10/h3-7,11H,13H2,1-2H3. The minimum atomic E-state index is -0.311. The van der Waals surface area contributed by atoms with Gasteiger partial charge < -0.3 is 5.73 Å². The molecular weight excluding hydrogens is 200 g/mol. The summed E-state index contributed by atoms with van der Waals surface area (Å²) in [6.45, 7) is 4.02. The number of hydrogen-bond donors (Lipinski definition) is 1. The van der Waals surface area contributed by atoms with E-state index < -0.39 is 0 Å². The van der Waals surface area contributed by atoms with Gasteiger partial charge in [0.25, 0.3) is 0 Å². The summed E-state index contributed by atoms with van der Waals surface area (Å²) in [5, 5.41) is 0. The summed E-state index contributed by atoms with van der Waals surface area (Å²) in [5.74, 6) is 0. The fraction of sp³-hybridized carbons (Fsp3) is 0.250. The van der Waals surface area contributed by atoms with E-state index in [0.717, 1.165) is 22.5 Å². The van der Waals surface area contributed by atoms with Gasteiger partial charge in [-0.3, -0.25) is 15.0 Å². The Balaban J connectivity index is 2.38. The minimum absolute atomic E-state index is 0.311. The van der Waals surface area contributed by atoms with Crippen LogP contribution in [0.4, 0.5) is 0 Å². The highest BCUT2D eigenvalue weighted by molar-refractivity contribution is 5.29. The molecule has 0 amide bonds. The molecule has 2 N–H and O–H groups in total. The molecule has 0 aliphatic carbocycles. The van der Waals surface area contributed by atoms with Crippen LogP contribution in [-0.2, 0) is 0 Å². The van der Waals surface area contributed by atoms with Gasteiger partial charge in [0.05, 0.1) is 23.6 Å². The van der Waals surface area contributed by atoms with Crippen molar-refractivity contribution < 1.29 is 0 Å². The number of nitrogens with zero attached hydrogens (tertiary/aromatic N) is 3. The van der Waals surface area contributed by atoms with Crippen LogP contribution in [0.2, 0.25) is 0 Å². The molecule has 4 heteroatoms. The van der Waals surface area contributed by atoms with Crippen LogP contribution in [-0.4, -0.2) is 15.0 Å². The summed E-state index contributed by atoms with van der Waals surface area (Å²) >= 11 is 0. The first-order chi connectivity index (χ1) is 7.68. The maximum absolute atomic E-state index is 6.10. The molecule has 0 aliphatic rings. The van der Waals surface area contributed by atoms with Crippen LogP contribution in [0.5, 0.6) is 0 Å². The summed E-state index contributed by atoms with van der Waals surface area (Å²) in [7, 11) is 0. The van der Waals surface area contributed by atoms with E-state index >= 15 is 0 Å². The molecule has 0 radical (unpaired) electrons. The molecule has 1 atom stereocenters. The topological polar surface area (TPSA) is 64.7 Å². The third-order valence-electron chi connectivity index (χ3n) is 2.45. The number of pyridine rings is 1. The fourth-order valence-corrected chi connectivity index (χ4v) is 1.66. The van der Waals surface area contributed by atoms with Crippen LogP contribution in [0.25, 0.3) is 0 Å². The summed E-state index contributed by atoms with van der Waals surface area (Å²) in [4.78, 5) is 12.6. The van der Waals surface area contributed by atoms with Crippen molar-refractivity contribution in [2.24, 2.45) is 5.73 Å². The van der Waals surface area contributed by atoms with Gasteiger partial charge in [-0.2, -0.15) is 0 Å². The fourth-order valence-electron chi connectivity index (χ4n) is 1.66. The Bertz CT molecular complexity index is 482. The SMILES string of the molecule is Cc1cnc(C(N)c2cnccn2)c(C)c1. The second kappa shape index (κ2) is 4.37. The van der Waals surface area contributed by atoms with E-state index in [-0.39, 0.29) is 6.04 Å². The summed E-state index contributed by atoms with van der Waals surface area (Å²) in [6.07, 6.45) is 6.76. The Morgan fingerprint density at radius 3 is 2.56 bits per heavy atom. The van der Waals surface area contributed by atoms with E-state index in [9.17, 15) is 0 Å². The van der Waals surface area contributed by atoms with Gasteiger partial charge in [0.2, 0.25) is 0 Å². The van der Waals surface area contributed by atoms with Crippen molar-refractivity contribution in [3.8, 4) is 0 Å². The molecule has 1 unspecified atom stereocenters. The summed E-state index contributed by atoms with van der Waals surface area (Å²) in [5.41, 5.74) is 9.91. The van der Waals surface area contributed by atoms with Crippen molar-refractivity contribution in [3.05, 3.63) is 53.4 Å². The van der Waals surface area contributed by atoms with Crippen molar-refractivity contribution in [1.82, 2.24) is 15.0 Å². The van der Waals surface area contributed by atoms with Crippen LogP contribution in [0, 0.1) is 13.8 Å². The van der Waals surface area contributed by atoms with Gasteiger partial charge in [0.15, 0.2) is 0 Å². The summed E-state index contributed by atoms with van der Waals surface area (Å²) < 4.78 is 0. The highest BCUT2D eigenvalue weighted by atomic mass is 14.9. The number of hydrogen-bond acceptors (Lipinski definition) is 4. The zero-order valence-electron chi connectivity index (χ0n) is 9.38. The molecule has 16 heavy (non-hydrogen) atoms. The van der Waals surface area contributed by atoms with Gasteiger partial charge in [-0.05, 0) is 25.0 Å². The summed E-state index contributed by atoms with van der Waals surface area (Å²) in [6, 6.07) is 1.76. The first-order valence-corrected chi connectivity index (χ1v) is 5.13. The average molecular weight is 214 g/mol. The van der Waals surface area contributed by atoms with Crippen LogP contribution >= 0.6 is 0 Å². The quantitative estimate of drug-likeness (QED) is 0.823. The number of rotatable bonds is 2. The van der Waals surface area contributed by atoms with E-state index in [0.29, 0.717) is 0 Å². The van der Waals surface area contributed by atoms with Gasteiger partial charge in [-0.25, -0.2) is 0 Å². The monoisotopic (exact) mass is 214 g/mol. The molecule has 0 aliphatic heterocycles. The molecule has 0 saturated carbocycles. The molecular formula is C12H14N4. The highest BCUT2D eigenvalue weighted by Crippen LogP contribution is 2.18. The van der Waals surface area contributed by atoms with E-state index in [2.05, 4.69) is 21.0 Å². The number of aromatic nitrogens is 3. The van der Waals surface area contributed by atoms with Gasteiger partial charge in [-0.1, -0.05) is 6.07 Å². The maximum Gasteiger partial charge on any atom is 0.0918 e. The number of nitrogens with two attached hydrogens (primary N) is 1. The molecule has 0 saturated heterocycles. The van der Waals surface area contributed by atoms with Crippen LogP contribution in [0.1, 0.15) is 28.6 Å². The van der Waals surface area contributed by atoms with E-state index in [1.54, 1.807) is 18.6 Å². The van der Waals surface area contributed by atoms with Gasteiger partial charge >= 0.3 is 0 Å².